The summed E-state index contributed by atoms with van der Waals surface area (Å²) in [6.07, 6.45) is 0.303. The molecular weight excluding hydrogens is 300 g/mol. The minimum absolute atomic E-state index is 0.0648. The Morgan fingerprint density at radius 3 is 2.20 bits per heavy atom. The van der Waals surface area contributed by atoms with Gasteiger partial charge in [-0.15, -0.1) is 0 Å². The topological polar surface area (TPSA) is 106 Å². The molecule has 0 aromatic heterocycles. The number of rotatable bonds is 4. The summed E-state index contributed by atoms with van der Waals surface area (Å²) < 4.78 is 49.5. The molecule has 1 heterocycles. The summed E-state index contributed by atoms with van der Waals surface area (Å²) in [5, 5.41) is -0.653. The lowest BCUT2D eigenvalue weighted by molar-refractivity contribution is 0.555. The van der Waals surface area contributed by atoms with Crippen LogP contribution in [0, 0.1) is 0 Å². The van der Waals surface area contributed by atoms with Crippen molar-refractivity contribution in [3.05, 3.63) is 29.8 Å². The summed E-state index contributed by atoms with van der Waals surface area (Å²) >= 11 is 0. The zero-order valence-electron chi connectivity index (χ0n) is 10.9. The Morgan fingerprint density at radius 2 is 1.70 bits per heavy atom. The van der Waals surface area contributed by atoms with Gasteiger partial charge in [0.15, 0.2) is 0 Å². The minimum Gasteiger partial charge on any atom is -0.326 e. The van der Waals surface area contributed by atoms with E-state index in [9.17, 15) is 16.8 Å². The fraction of sp³-hybridized carbons (Fsp3) is 0.500. The van der Waals surface area contributed by atoms with Crippen molar-refractivity contribution in [3.63, 3.8) is 0 Å². The number of hydrogen-bond acceptors (Lipinski definition) is 5. The normalized spacial score (nSPS) is 19.6. The second kappa shape index (κ2) is 5.71. The third kappa shape index (κ3) is 3.71. The van der Waals surface area contributed by atoms with Crippen LogP contribution in [0.2, 0.25) is 0 Å². The molecule has 0 atom stereocenters. The molecule has 1 fully saturated rings. The summed E-state index contributed by atoms with van der Waals surface area (Å²) in [6.45, 7) is 0.396. The largest absolute Gasteiger partial charge is 0.326 e. The average Bonchev–Trinajstić information content (AvgIpc) is 2.38. The SMILES string of the molecule is NCc1ccc(NS(=O)(=O)C2CCS(=O)(=O)CC2)cc1. The Kier molecular flexibility index (Phi) is 4.36. The van der Waals surface area contributed by atoms with Gasteiger partial charge in [0.2, 0.25) is 10.0 Å². The van der Waals surface area contributed by atoms with Gasteiger partial charge in [0.25, 0.3) is 0 Å². The van der Waals surface area contributed by atoms with Crippen LogP contribution in [0.1, 0.15) is 18.4 Å². The van der Waals surface area contributed by atoms with Crippen LogP contribution in [0.4, 0.5) is 5.69 Å². The maximum atomic E-state index is 12.2. The van der Waals surface area contributed by atoms with E-state index in [2.05, 4.69) is 4.72 Å². The van der Waals surface area contributed by atoms with Crippen molar-refractivity contribution >= 4 is 25.5 Å². The van der Waals surface area contributed by atoms with Crippen molar-refractivity contribution in [1.82, 2.24) is 0 Å². The Bertz CT molecular complexity index is 652. The molecule has 0 saturated carbocycles. The predicted octanol–water partition coefficient (Wildman–Crippen LogP) is 0.464. The first-order valence-electron chi connectivity index (χ1n) is 6.33. The number of sulfonamides is 1. The lowest BCUT2D eigenvalue weighted by atomic mass is 10.2. The molecule has 0 bridgehead atoms. The molecule has 1 aliphatic heterocycles. The van der Waals surface area contributed by atoms with Crippen LogP contribution in [0.5, 0.6) is 0 Å². The van der Waals surface area contributed by atoms with E-state index >= 15 is 0 Å². The van der Waals surface area contributed by atoms with Gasteiger partial charge in [-0.3, -0.25) is 4.72 Å². The molecular formula is C12H18N2O4S2. The number of benzene rings is 1. The maximum Gasteiger partial charge on any atom is 0.235 e. The third-order valence-electron chi connectivity index (χ3n) is 3.39. The van der Waals surface area contributed by atoms with Crippen LogP contribution in [-0.4, -0.2) is 33.6 Å². The van der Waals surface area contributed by atoms with Gasteiger partial charge in [0.1, 0.15) is 9.84 Å². The number of anilines is 1. The summed E-state index contributed by atoms with van der Waals surface area (Å²) in [5.41, 5.74) is 6.86. The number of hydrogen-bond donors (Lipinski definition) is 2. The molecule has 0 radical (unpaired) electrons. The van der Waals surface area contributed by atoms with E-state index in [1.54, 1.807) is 24.3 Å². The molecule has 0 unspecified atom stereocenters. The second-order valence-electron chi connectivity index (χ2n) is 4.90. The molecule has 1 aromatic rings. The molecule has 1 saturated heterocycles. The first kappa shape index (κ1) is 15.3. The highest BCUT2D eigenvalue weighted by Crippen LogP contribution is 2.22. The Morgan fingerprint density at radius 1 is 1.15 bits per heavy atom. The van der Waals surface area contributed by atoms with Crippen molar-refractivity contribution in [2.45, 2.75) is 24.6 Å². The Hall–Kier alpha value is -1.12. The smallest absolute Gasteiger partial charge is 0.235 e. The molecule has 1 aromatic carbocycles. The lowest BCUT2D eigenvalue weighted by Gasteiger charge is -2.22. The summed E-state index contributed by atoms with van der Waals surface area (Å²) in [4.78, 5) is 0. The van der Waals surface area contributed by atoms with Crippen molar-refractivity contribution in [3.8, 4) is 0 Å². The van der Waals surface area contributed by atoms with Crippen molar-refractivity contribution in [1.29, 1.82) is 0 Å². The molecule has 8 heteroatoms. The molecule has 1 aliphatic rings. The quantitative estimate of drug-likeness (QED) is 0.839. The second-order valence-corrected chi connectivity index (χ2v) is 9.16. The molecule has 0 spiro atoms. The van der Waals surface area contributed by atoms with Gasteiger partial charge in [-0.25, -0.2) is 16.8 Å². The Labute approximate surface area is 119 Å². The van der Waals surface area contributed by atoms with Gasteiger partial charge in [-0.2, -0.15) is 0 Å². The van der Waals surface area contributed by atoms with Gasteiger partial charge in [0, 0.05) is 12.2 Å². The zero-order valence-corrected chi connectivity index (χ0v) is 12.6. The van der Waals surface area contributed by atoms with Crippen LogP contribution < -0.4 is 10.5 Å². The lowest BCUT2D eigenvalue weighted by Crippen LogP contribution is -2.36. The third-order valence-corrected chi connectivity index (χ3v) is 6.97. The molecule has 0 amide bonds. The highest BCUT2D eigenvalue weighted by atomic mass is 32.2. The van der Waals surface area contributed by atoms with Gasteiger partial charge in [-0.1, -0.05) is 12.1 Å². The van der Waals surface area contributed by atoms with E-state index < -0.39 is 25.1 Å². The molecule has 6 nitrogen and oxygen atoms in total. The van der Waals surface area contributed by atoms with Gasteiger partial charge >= 0.3 is 0 Å². The molecule has 0 aliphatic carbocycles. The van der Waals surface area contributed by atoms with E-state index in [4.69, 9.17) is 5.73 Å². The van der Waals surface area contributed by atoms with E-state index in [0.29, 0.717) is 12.2 Å². The van der Waals surface area contributed by atoms with Crippen molar-refractivity contribution in [2.24, 2.45) is 5.73 Å². The minimum atomic E-state index is -3.55. The van der Waals surface area contributed by atoms with Crippen LogP contribution in [-0.2, 0) is 26.4 Å². The standard InChI is InChI=1S/C12H18N2O4S2/c13-9-10-1-3-11(4-2-10)14-20(17,18)12-5-7-19(15,16)8-6-12/h1-4,12,14H,5-9,13H2. The maximum absolute atomic E-state index is 12.2. The van der Waals surface area contributed by atoms with E-state index in [-0.39, 0.29) is 24.3 Å². The Balaban J connectivity index is 2.07. The number of sulfone groups is 1. The molecule has 3 N–H and O–H groups in total. The van der Waals surface area contributed by atoms with Gasteiger partial charge in [0.05, 0.1) is 16.8 Å². The van der Waals surface area contributed by atoms with E-state index in [0.717, 1.165) is 5.56 Å². The summed E-state index contributed by atoms with van der Waals surface area (Å²) in [6, 6.07) is 6.81. The van der Waals surface area contributed by atoms with Crippen LogP contribution >= 0.6 is 0 Å². The van der Waals surface area contributed by atoms with E-state index in [1.807, 2.05) is 0 Å². The monoisotopic (exact) mass is 318 g/mol. The number of nitrogens with one attached hydrogen (secondary N) is 1. The van der Waals surface area contributed by atoms with Crippen molar-refractivity contribution < 1.29 is 16.8 Å². The van der Waals surface area contributed by atoms with Gasteiger partial charge in [-0.05, 0) is 30.5 Å². The zero-order chi connectivity index (χ0) is 14.8. The fourth-order valence-electron chi connectivity index (χ4n) is 2.14. The molecule has 2 rings (SSSR count). The van der Waals surface area contributed by atoms with Crippen LogP contribution in [0.25, 0.3) is 0 Å². The predicted molar refractivity (Wildman–Crippen MR) is 78.6 cm³/mol. The van der Waals surface area contributed by atoms with E-state index in [1.165, 1.54) is 0 Å². The van der Waals surface area contributed by atoms with Crippen molar-refractivity contribution in [2.75, 3.05) is 16.2 Å². The van der Waals surface area contributed by atoms with Crippen LogP contribution in [0.3, 0.4) is 0 Å². The number of nitrogens with two attached hydrogens (primary N) is 1. The molecule has 112 valence electrons. The summed E-state index contributed by atoms with van der Waals surface area (Å²) in [5.74, 6) is -0.130. The van der Waals surface area contributed by atoms with Crippen LogP contribution in [0.15, 0.2) is 24.3 Å². The highest BCUT2D eigenvalue weighted by molar-refractivity contribution is 7.94. The molecule has 20 heavy (non-hydrogen) atoms. The van der Waals surface area contributed by atoms with Gasteiger partial charge < -0.3 is 5.73 Å². The first-order chi connectivity index (χ1) is 9.32. The average molecular weight is 318 g/mol. The highest BCUT2D eigenvalue weighted by Gasteiger charge is 2.32. The fourth-order valence-corrected chi connectivity index (χ4v) is 5.41. The summed E-state index contributed by atoms with van der Waals surface area (Å²) in [7, 11) is -6.62. The first-order valence-corrected chi connectivity index (χ1v) is 9.70.